The fourth-order valence-electron chi connectivity index (χ4n) is 1.36. The summed E-state index contributed by atoms with van der Waals surface area (Å²) in [6.45, 7) is 4.15. The molecule has 16 heavy (non-hydrogen) atoms. The van der Waals surface area contributed by atoms with Crippen LogP contribution in [0.3, 0.4) is 0 Å². The summed E-state index contributed by atoms with van der Waals surface area (Å²) >= 11 is 0. The molecule has 0 saturated carbocycles. The molecule has 1 unspecified atom stereocenters. The highest BCUT2D eigenvalue weighted by Crippen LogP contribution is 2.12. The van der Waals surface area contributed by atoms with Crippen LogP contribution < -0.4 is 5.32 Å². The van der Waals surface area contributed by atoms with Gasteiger partial charge in [0.2, 0.25) is 5.91 Å². The second-order valence-corrected chi connectivity index (χ2v) is 3.99. The van der Waals surface area contributed by atoms with Crippen molar-refractivity contribution in [2.45, 2.75) is 26.7 Å². The number of hydrogen-bond acceptors (Lipinski definition) is 1. The average Bonchev–Trinajstić information content (AvgIpc) is 2.28. The van der Waals surface area contributed by atoms with Crippen LogP contribution in [0.5, 0.6) is 0 Å². The number of anilines is 1. The Morgan fingerprint density at radius 2 is 2.31 bits per heavy atom. The van der Waals surface area contributed by atoms with Gasteiger partial charge in [-0.15, -0.1) is 6.42 Å². The number of carbonyl (C=O) groups is 1. The van der Waals surface area contributed by atoms with Gasteiger partial charge in [0.25, 0.3) is 0 Å². The molecule has 1 amide bonds. The minimum absolute atomic E-state index is 0.0449. The number of hydrogen-bond donors (Lipinski definition) is 1. The van der Waals surface area contributed by atoms with Gasteiger partial charge in [0.05, 0.1) is 0 Å². The molecule has 1 aromatic rings. The summed E-state index contributed by atoms with van der Waals surface area (Å²) in [7, 11) is 0. The first-order valence-electron chi connectivity index (χ1n) is 5.52. The molecule has 0 heterocycles. The zero-order valence-corrected chi connectivity index (χ0v) is 9.79. The molecule has 1 atom stereocenters. The van der Waals surface area contributed by atoms with E-state index in [0.717, 1.165) is 17.7 Å². The Balaban J connectivity index is 2.60. The van der Waals surface area contributed by atoms with Crippen LogP contribution in [-0.4, -0.2) is 5.91 Å². The minimum Gasteiger partial charge on any atom is -0.326 e. The van der Waals surface area contributed by atoms with Crippen molar-refractivity contribution in [2.24, 2.45) is 5.92 Å². The molecule has 0 aliphatic rings. The molecule has 0 fully saturated rings. The van der Waals surface area contributed by atoms with Crippen molar-refractivity contribution in [3.63, 3.8) is 0 Å². The molecule has 0 radical (unpaired) electrons. The van der Waals surface area contributed by atoms with Crippen LogP contribution in [0, 0.1) is 18.3 Å². The number of carbonyl (C=O) groups excluding carboxylic acids is 1. The topological polar surface area (TPSA) is 29.1 Å². The molecular formula is C14H17NO. The molecule has 0 aliphatic heterocycles. The first kappa shape index (κ1) is 12.3. The van der Waals surface area contributed by atoms with Crippen molar-refractivity contribution in [2.75, 3.05) is 5.32 Å². The van der Waals surface area contributed by atoms with Gasteiger partial charge in [-0.1, -0.05) is 32.3 Å². The lowest BCUT2D eigenvalue weighted by Gasteiger charge is -2.09. The second kappa shape index (κ2) is 5.97. The van der Waals surface area contributed by atoms with E-state index < -0.39 is 0 Å². The van der Waals surface area contributed by atoms with Crippen LogP contribution in [-0.2, 0) is 4.79 Å². The Morgan fingerprint density at radius 1 is 1.56 bits per heavy atom. The van der Waals surface area contributed by atoms with Crippen molar-refractivity contribution in [3.05, 3.63) is 29.8 Å². The maximum absolute atomic E-state index is 11.6. The number of rotatable bonds is 4. The van der Waals surface area contributed by atoms with E-state index in [1.54, 1.807) is 6.07 Å². The molecule has 2 nitrogen and oxygen atoms in total. The normalized spacial score (nSPS) is 11.6. The summed E-state index contributed by atoms with van der Waals surface area (Å²) in [5.41, 5.74) is 1.55. The first-order chi connectivity index (χ1) is 7.65. The number of benzene rings is 1. The maximum atomic E-state index is 11.6. The van der Waals surface area contributed by atoms with Crippen molar-refractivity contribution in [1.82, 2.24) is 0 Å². The van der Waals surface area contributed by atoms with Crippen molar-refractivity contribution < 1.29 is 4.79 Å². The standard InChI is InChI=1S/C14H17NO/c1-4-11(3)9-14(16)15-13-8-6-7-12(5-2)10-13/h2,6-8,10-11H,4,9H2,1,3H3,(H,15,16). The van der Waals surface area contributed by atoms with Gasteiger partial charge in [-0.2, -0.15) is 0 Å². The van der Waals surface area contributed by atoms with E-state index in [0.29, 0.717) is 12.3 Å². The van der Waals surface area contributed by atoms with Crippen LogP contribution in [0.25, 0.3) is 0 Å². The Bertz CT molecular complexity index is 403. The molecular weight excluding hydrogens is 198 g/mol. The predicted octanol–water partition coefficient (Wildman–Crippen LogP) is 3.04. The van der Waals surface area contributed by atoms with Gasteiger partial charge in [0.15, 0.2) is 0 Å². The van der Waals surface area contributed by atoms with Gasteiger partial charge in [-0.3, -0.25) is 4.79 Å². The van der Waals surface area contributed by atoms with Crippen molar-refractivity contribution in [3.8, 4) is 12.3 Å². The molecule has 0 saturated heterocycles. The van der Waals surface area contributed by atoms with Gasteiger partial charge in [-0.05, 0) is 24.1 Å². The fourth-order valence-corrected chi connectivity index (χ4v) is 1.36. The summed E-state index contributed by atoms with van der Waals surface area (Å²) in [6, 6.07) is 7.32. The van der Waals surface area contributed by atoms with Crippen molar-refractivity contribution in [1.29, 1.82) is 0 Å². The lowest BCUT2D eigenvalue weighted by atomic mass is 10.0. The van der Waals surface area contributed by atoms with Crippen LogP contribution in [0.15, 0.2) is 24.3 Å². The Kier molecular flexibility index (Phi) is 4.60. The van der Waals surface area contributed by atoms with Crippen LogP contribution in [0.2, 0.25) is 0 Å². The van der Waals surface area contributed by atoms with E-state index in [4.69, 9.17) is 6.42 Å². The van der Waals surface area contributed by atoms with E-state index in [1.807, 2.05) is 18.2 Å². The summed E-state index contributed by atoms with van der Waals surface area (Å²) in [5.74, 6) is 3.00. The summed E-state index contributed by atoms with van der Waals surface area (Å²) in [6.07, 6.45) is 6.85. The molecule has 1 rings (SSSR count). The molecule has 0 aromatic heterocycles. The monoisotopic (exact) mass is 215 g/mol. The Hall–Kier alpha value is -1.75. The molecule has 1 N–H and O–H groups in total. The number of terminal acetylenes is 1. The highest BCUT2D eigenvalue weighted by Gasteiger charge is 2.07. The van der Waals surface area contributed by atoms with Crippen molar-refractivity contribution >= 4 is 11.6 Å². The minimum atomic E-state index is 0.0449. The lowest BCUT2D eigenvalue weighted by molar-refractivity contribution is -0.117. The maximum Gasteiger partial charge on any atom is 0.224 e. The van der Waals surface area contributed by atoms with E-state index in [-0.39, 0.29) is 5.91 Å². The van der Waals surface area contributed by atoms with Crippen LogP contribution in [0.1, 0.15) is 32.3 Å². The van der Waals surface area contributed by atoms with E-state index in [9.17, 15) is 4.79 Å². The van der Waals surface area contributed by atoms with Gasteiger partial charge in [0.1, 0.15) is 0 Å². The number of nitrogens with one attached hydrogen (secondary N) is 1. The van der Waals surface area contributed by atoms with Gasteiger partial charge >= 0.3 is 0 Å². The Morgan fingerprint density at radius 3 is 2.94 bits per heavy atom. The smallest absolute Gasteiger partial charge is 0.224 e. The van der Waals surface area contributed by atoms with E-state index in [1.165, 1.54) is 0 Å². The highest BCUT2D eigenvalue weighted by molar-refractivity contribution is 5.90. The third kappa shape index (κ3) is 3.78. The molecule has 84 valence electrons. The summed E-state index contributed by atoms with van der Waals surface area (Å²) in [4.78, 5) is 11.6. The lowest BCUT2D eigenvalue weighted by Crippen LogP contribution is -2.14. The van der Waals surface area contributed by atoms with E-state index in [2.05, 4.69) is 25.1 Å². The molecule has 1 aromatic carbocycles. The Labute approximate surface area is 97.1 Å². The van der Waals surface area contributed by atoms with E-state index >= 15 is 0 Å². The largest absolute Gasteiger partial charge is 0.326 e. The fraction of sp³-hybridized carbons (Fsp3) is 0.357. The zero-order valence-electron chi connectivity index (χ0n) is 9.79. The average molecular weight is 215 g/mol. The van der Waals surface area contributed by atoms with Gasteiger partial charge < -0.3 is 5.32 Å². The van der Waals surface area contributed by atoms with Gasteiger partial charge in [0, 0.05) is 17.7 Å². The van der Waals surface area contributed by atoms with Gasteiger partial charge in [-0.25, -0.2) is 0 Å². The molecule has 0 bridgehead atoms. The molecule has 2 heteroatoms. The molecule has 0 spiro atoms. The number of amides is 1. The zero-order chi connectivity index (χ0) is 12.0. The first-order valence-corrected chi connectivity index (χ1v) is 5.52. The third-order valence-electron chi connectivity index (χ3n) is 2.54. The third-order valence-corrected chi connectivity index (χ3v) is 2.54. The van der Waals surface area contributed by atoms with Crippen LogP contribution >= 0.6 is 0 Å². The quantitative estimate of drug-likeness (QED) is 0.768. The summed E-state index contributed by atoms with van der Waals surface area (Å²) < 4.78 is 0. The SMILES string of the molecule is C#Cc1cccc(NC(=O)CC(C)CC)c1. The van der Waals surface area contributed by atoms with Crippen LogP contribution in [0.4, 0.5) is 5.69 Å². The molecule has 0 aliphatic carbocycles. The summed E-state index contributed by atoms with van der Waals surface area (Å²) in [5, 5.41) is 2.85. The highest BCUT2D eigenvalue weighted by atomic mass is 16.1. The predicted molar refractivity (Wildman–Crippen MR) is 67.1 cm³/mol. The second-order valence-electron chi connectivity index (χ2n) is 3.99.